The minimum Gasteiger partial charge on any atom is -0.465 e. The summed E-state index contributed by atoms with van der Waals surface area (Å²) in [6, 6.07) is 5.07. The van der Waals surface area contributed by atoms with Gasteiger partial charge in [-0.3, -0.25) is 9.69 Å². The summed E-state index contributed by atoms with van der Waals surface area (Å²) in [6.07, 6.45) is 2.43. The monoisotopic (exact) mass is 328 g/mol. The number of likely N-dealkylation sites (tertiary alicyclic amines) is 1. The van der Waals surface area contributed by atoms with Gasteiger partial charge in [-0.15, -0.1) is 0 Å². The van der Waals surface area contributed by atoms with Gasteiger partial charge in [0.05, 0.1) is 12.7 Å². The first kappa shape index (κ1) is 16.7. The number of hydrogen-bond acceptors (Lipinski definition) is 4. The van der Waals surface area contributed by atoms with Crippen LogP contribution >= 0.6 is 0 Å². The number of aromatic amines is 1. The second-order valence-electron chi connectivity index (χ2n) is 6.79. The molecular formula is C19H24N2O3. The highest BCUT2D eigenvalue weighted by Crippen LogP contribution is 2.19. The van der Waals surface area contributed by atoms with Crippen LogP contribution in [0.15, 0.2) is 23.0 Å². The lowest BCUT2D eigenvalue weighted by Crippen LogP contribution is -2.35. The molecule has 0 saturated carbocycles. The minimum absolute atomic E-state index is 0.00484. The Morgan fingerprint density at radius 3 is 2.92 bits per heavy atom. The third kappa shape index (κ3) is 3.22. The number of aryl methyl sites for hydroxylation is 1. The van der Waals surface area contributed by atoms with Crippen LogP contribution in [-0.2, 0) is 11.3 Å². The number of ether oxygens (including phenoxy) is 1. The maximum absolute atomic E-state index is 13.0. The Bertz CT molecular complexity index is 825. The van der Waals surface area contributed by atoms with Gasteiger partial charge in [-0.25, -0.2) is 4.79 Å². The number of fused-ring (bicyclic) bond motifs is 1. The van der Waals surface area contributed by atoms with E-state index in [0.29, 0.717) is 23.4 Å². The summed E-state index contributed by atoms with van der Waals surface area (Å²) in [6.45, 7) is 6.91. The fraction of sp³-hybridized carbons (Fsp3) is 0.474. The standard InChI is InChI=1S/C19H24N2O3/c1-12-5-4-8-21(10-12)11-16-13(2)20-17-7-6-14(19(23)24-3)9-15(17)18(16)22/h6-7,9,12H,4-5,8,10-11H2,1-3H3,(H,20,22)/t12-/m1/s1. The summed E-state index contributed by atoms with van der Waals surface area (Å²) in [7, 11) is 1.34. The van der Waals surface area contributed by atoms with Gasteiger partial charge < -0.3 is 9.72 Å². The second-order valence-corrected chi connectivity index (χ2v) is 6.79. The zero-order chi connectivity index (χ0) is 17.3. The number of methoxy groups -OCH3 is 1. The summed E-state index contributed by atoms with van der Waals surface area (Å²) < 4.78 is 4.75. The molecule has 1 fully saturated rings. The SMILES string of the molecule is COC(=O)c1ccc2[nH]c(C)c(CN3CCC[C@@H](C)C3)c(=O)c2c1. The summed E-state index contributed by atoms with van der Waals surface area (Å²) in [5.74, 6) is 0.243. The first-order valence-corrected chi connectivity index (χ1v) is 8.45. The van der Waals surface area contributed by atoms with Gasteiger partial charge >= 0.3 is 5.97 Å². The van der Waals surface area contributed by atoms with Crippen molar-refractivity contribution in [2.75, 3.05) is 20.2 Å². The Morgan fingerprint density at radius 1 is 1.42 bits per heavy atom. The average molecular weight is 328 g/mol. The minimum atomic E-state index is -0.428. The molecule has 1 atom stereocenters. The normalized spacial score (nSPS) is 18.7. The zero-order valence-electron chi connectivity index (χ0n) is 14.5. The number of carbonyl (C=O) groups excluding carboxylic acids is 1. The fourth-order valence-electron chi connectivity index (χ4n) is 3.54. The molecule has 1 aromatic heterocycles. The average Bonchev–Trinajstić information content (AvgIpc) is 2.58. The van der Waals surface area contributed by atoms with Crippen LogP contribution in [0.3, 0.4) is 0 Å². The first-order chi connectivity index (χ1) is 11.5. The van der Waals surface area contributed by atoms with E-state index in [1.807, 2.05) is 6.92 Å². The summed E-state index contributed by atoms with van der Waals surface area (Å²) in [5.41, 5.74) is 2.85. The number of esters is 1. The van der Waals surface area contributed by atoms with Gasteiger partial charge in [0.25, 0.3) is 0 Å². The largest absolute Gasteiger partial charge is 0.465 e. The molecule has 5 nitrogen and oxygen atoms in total. The molecule has 24 heavy (non-hydrogen) atoms. The molecule has 1 N–H and O–H groups in total. The van der Waals surface area contributed by atoms with Crippen LogP contribution < -0.4 is 5.43 Å². The highest BCUT2D eigenvalue weighted by atomic mass is 16.5. The lowest BCUT2D eigenvalue weighted by Gasteiger charge is -2.31. The van der Waals surface area contributed by atoms with E-state index in [0.717, 1.165) is 29.9 Å². The van der Waals surface area contributed by atoms with E-state index in [2.05, 4.69) is 16.8 Å². The molecule has 1 aliphatic heterocycles. The van der Waals surface area contributed by atoms with E-state index in [-0.39, 0.29) is 5.43 Å². The third-order valence-corrected chi connectivity index (χ3v) is 4.86. The number of pyridine rings is 1. The molecule has 1 saturated heterocycles. The van der Waals surface area contributed by atoms with Crippen LogP contribution in [0.25, 0.3) is 10.9 Å². The predicted molar refractivity (Wildman–Crippen MR) is 94.3 cm³/mol. The second kappa shape index (κ2) is 6.77. The van der Waals surface area contributed by atoms with Gasteiger partial charge in [0.2, 0.25) is 0 Å². The van der Waals surface area contributed by atoms with Crippen LogP contribution in [0.1, 0.15) is 41.4 Å². The molecule has 5 heteroatoms. The van der Waals surface area contributed by atoms with E-state index >= 15 is 0 Å². The number of H-pyrrole nitrogens is 1. The molecule has 1 aromatic carbocycles. The van der Waals surface area contributed by atoms with E-state index in [4.69, 9.17) is 4.74 Å². The molecule has 128 valence electrons. The number of hydrogen-bond donors (Lipinski definition) is 1. The number of nitrogens with zero attached hydrogens (tertiary/aromatic N) is 1. The highest BCUT2D eigenvalue weighted by molar-refractivity contribution is 5.94. The predicted octanol–water partition coefficient (Wildman–Crippen LogP) is 2.86. The molecule has 0 bridgehead atoms. The molecule has 1 aliphatic rings. The topological polar surface area (TPSA) is 62.4 Å². The van der Waals surface area contributed by atoms with E-state index in [1.54, 1.807) is 18.2 Å². The van der Waals surface area contributed by atoms with Gasteiger partial charge in [0.1, 0.15) is 0 Å². The Hall–Kier alpha value is -2.14. The van der Waals surface area contributed by atoms with Crippen LogP contribution in [-0.4, -0.2) is 36.1 Å². The zero-order valence-corrected chi connectivity index (χ0v) is 14.5. The molecule has 0 amide bonds. The van der Waals surface area contributed by atoms with E-state index in [1.165, 1.54) is 20.0 Å². The van der Waals surface area contributed by atoms with Crippen molar-refractivity contribution in [3.05, 3.63) is 45.2 Å². The van der Waals surface area contributed by atoms with Crippen molar-refractivity contribution in [2.24, 2.45) is 5.92 Å². The Balaban J connectivity index is 2.01. The summed E-state index contributed by atoms with van der Waals surface area (Å²) >= 11 is 0. The molecule has 0 unspecified atom stereocenters. The molecule has 0 radical (unpaired) electrons. The van der Waals surface area contributed by atoms with E-state index < -0.39 is 5.97 Å². The van der Waals surface area contributed by atoms with Gasteiger partial charge in [0.15, 0.2) is 5.43 Å². The third-order valence-electron chi connectivity index (χ3n) is 4.86. The summed E-state index contributed by atoms with van der Waals surface area (Å²) in [4.78, 5) is 30.4. The molecular weight excluding hydrogens is 304 g/mol. The van der Waals surface area contributed by atoms with Gasteiger partial charge in [-0.2, -0.15) is 0 Å². The fourth-order valence-corrected chi connectivity index (χ4v) is 3.54. The first-order valence-electron chi connectivity index (χ1n) is 8.45. The molecule has 3 rings (SSSR count). The summed E-state index contributed by atoms with van der Waals surface area (Å²) in [5, 5.41) is 0.545. The van der Waals surface area contributed by atoms with Crippen molar-refractivity contribution in [2.45, 2.75) is 33.2 Å². The van der Waals surface area contributed by atoms with Crippen LogP contribution in [0.2, 0.25) is 0 Å². The number of piperidine rings is 1. The Kier molecular flexibility index (Phi) is 4.71. The van der Waals surface area contributed by atoms with Crippen LogP contribution in [0.4, 0.5) is 0 Å². The smallest absolute Gasteiger partial charge is 0.337 e. The van der Waals surface area contributed by atoms with Gasteiger partial charge in [-0.05, 0) is 50.4 Å². The van der Waals surface area contributed by atoms with Crippen molar-refractivity contribution in [1.82, 2.24) is 9.88 Å². The van der Waals surface area contributed by atoms with Gasteiger partial charge in [-0.1, -0.05) is 6.92 Å². The van der Waals surface area contributed by atoms with Crippen molar-refractivity contribution in [3.8, 4) is 0 Å². The number of carbonyl (C=O) groups is 1. The van der Waals surface area contributed by atoms with Crippen molar-refractivity contribution in [1.29, 1.82) is 0 Å². The quantitative estimate of drug-likeness (QED) is 0.880. The Morgan fingerprint density at radius 2 is 2.21 bits per heavy atom. The Labute approximate surface area is 141 Å². The maximum atomic E-state index is 13.0. The molecule has 2 aromatic rings. The number of aromatic nitrogens is 1. The van der Waals surface area contributed by atoms with E-state index in [9.17, 15) is 9.59 Å². The lowest BCUT2D eigenvalue weighted by molar-refractivity contribution is 0.0601. The molecule has 0 aliphatic carbocycles. The number of nitrogens with one attached hydrogen (secondary N) is 1. The number of rotatable bonds is 3. The highest BCUT2D eigenvalue weighted by Gasteiger charge is 2.19. The van der Waals surface area contributed by atoms with Gasteiger partial charge in [0, 0.05) is 35.2 Å². The van der Waals surface area contributed by atoms with Crippen molar-refractivity contribution >= 4 is 16.9 Å². The number of benzene rings is 1. The van der Waals surface area contributed by atoms with Crippen molar-refractivity contribution in [3.63, 3.8) is 0 Å². The van der Waals surface area contributed by atoms with Crippen molar-refractivity contribution < 1.29 is 9.53 Å². The maximum Gasteiger partial charge on any atom is 0.337 e. The lowest BCUT2D eigenvalue weighted by atomic mass is 9.99. The molecule has 2 heterocycles. The molecule has 0 spiro atoms. The van der Waals surface area contributed by atoms with Crippen LogP contribution in [0, 0.1) is 12.8 Å². The van der Waals surface area contributed by atoms with Crippen LogP contribution in [0.5, 0.6) is 0 Å².